The minimum atomic E-state index is -4.35. The van der Waals surface area contributed by atoms with Gasteiger partial charge in [-0.05, 0) is 36.3 Å². The van der Waals surface area contributed by atoms with Gasteiger partial charge in [-0.25, -0.2) is 0 Å². The van der Waals surface area contributed by atoms with Crippen LogP contribution in [0.4, 0.5) is 13.2 Å². The van der Waals surface area contributed by atoms with E-state index in [0.717, 1.165) is 19.3 Å². The molecule has 1 aliphatic carbocycles. The number of benzene rings is 1. The van der Waals surface area contributed by atoms with E-state index in [1.807, 2.05) is 18.2 Å². The summed E-state index contributed by atoms with van der Waals surface area (Å²) in [5.74, 6) is -0.195. The molecule has 1 amide bonds. The first kappa shape index (κ1) is 22.0. The third-order valence-electron chi connectivity index (χ3n) is 5.39. The van der Waals surface area contributed by atoms with Crippen LogP contribution < -0.4 is 10.6 Å². The molecule has 0 aromatic heterocycles. The van der Waals surface area contributed by atoms with E-state index >= 15 is 0 Å². The molecule has 8 heteroatoms. The summed E-state index contributed by atoms with van der Waals surface area (Å²) < 4.78 is 40.2. The number of nitrogens with zero attached hydrogens (tertiary/aromatic N) is 1. The second kappa shape index (κ2) is 9.75. The SMILES string of the molecule is Cl.O=C(CC1CCCc2ccccc21)NCC(N1CCNCC1)C(F)(F)F. The fourth-order valence-electron chi connectivity index (χ4n) is 4.02. The molecule has 3 rings (SSSR count). The molecule has 4 nitrogen and oxygen atoms in total. The molecule has 1 aromatic rings. The van der Waals surface area contributed by atoms with Crippen molar-refractivity contribution in [2.24, 2.45) is 0 Å². The summed E-state index contributed by atoms with van der Waals surface area (Å²) in [6.07, 6.45) is -1.16. The lowest BCUT2D eigenvalue weighted by Gasteiger charge is -2.36. The van der Waals surface area contributed by atoms with Crippen molar-refractivity contribution in [1.82, 2.24) is 15.5 Å². The highest BCUT2D eigenvalue weighted by Crippen LogP contribution is 2.33. The van der Waals surface area contributed by atoms with Gasteiger partial charge in [0, 0.05) is 39.1 Å². The van der Waals surface area contributed by atoms with E-state index in [-0.39, 0.29) is 37.2 Å². The summed E-state index contributed by atoms with van der Waals surface area (Å²) in [5, 5.41) is 5.60. The Kier molecular flexibility index (Phi) is 7.94. The highest BCUT2D eigenvalue weighted by atomic mass is 35.5. The lowest BCUT2D eigenvalue weighted by atomic mass is 9.81. The van der Waals surface area contributed by atoms with Gasteiger partial charge in [0.05, 0.1) is 0 Å². The molecule has 0 spiro atoms. The zero-order valence-corrected chi connectivity index (χ0v) is 16.0. The first-order chi connectivity index (χ1) is 12.4. The van der Waals surface area contributed by atoms with Crippen molar-refractivity contribution in [2.75, 3.05) is 32.7 Å². The number of hydrogen-bond acceptors (Lipinski definition) is 3. The first-order valence-electron chi connectivity index (χ1n) is 9.31. The van der Waals surface area contributed by atoms with E-state index in [4.69, 9.17) is 0 Å². The van der Waals surface area contributed by atoms with Crippen molar-refractivity contribution >= 4 is 18.3 Å². The average Bonchev–Trinajstić information content (AvgIpc) is 2.62. The van der Waals surface area contributed by atoms with Gasteiger partial charge < -0.3 is 10.6 Å². The summed E-state index contributed by atoms with van der Waals surface area (Å²) >= 11 is 0. The Morgan fingerprint density at radius 1 is 1.26 bits per heavy atom. The maximum absolute atomic E-state index is 13.4. The number of alkyl halides is 3. The van der Waals surface area contributed by atoms with Crippen molar-refractivity contribution in [3.05, 3.63) is 35.4 Å². The Labute approximate surface area is 164 Å². The van der Waals surface area contributed by atoms with Crippen LogP contribution in [0.15, 0.2) is 24.3 Å². The van der Waals surface area contributed by atoms with Crippen LogP contribution in [0.5, 0.6) is 0 Å². The van der Waals surface area contributed by atoms with Crippen LogP contribution in [-0.2, 0) is 11.2 Å². The molecule has 1 fully saturated rings. The molecule has 0 saturated carbocycles. The quantitative estimate of drug-likeness (QED) is 0.791. The first-order valence-corrected chi connectivity index (χ1v) is 9.31. The van der Waals surface area contributed by atoms with E-state index in [0.29, 0.717) is 26.2 Å². The maximum atomic E-state index is 13.4. The standard InChI is InChI=1S/C19H26F3N3O.ClH/c20-19(21,22)17(25-10-8-23-9-11-25)13-24-18(26)12-15-6-3-5-14-4-1-2-7-16(14)15;/h1-2,4,7,15,17,23H,3,5-6,8-13H2,(H,24,26);1H. The Morgan fingerprint density at radius 2 is 1.96 bits per heavy atom. The topological polar surface area (TPSA) is 44.4 Å². The molecule has 0 bridgehead atoms. The summed E-state index contributed by atoms with van der Waals surface area (Å²) in [6, 6.07) is 6.43. The van der Waals surface area contributed by atoms with Gasteiger partial charge in [0.25, 0.3) is 0 Å². The minimum absolute atomic E-state index is 0. The molecular weight excluding hydrogens is 379 g/mol. The van der Waals surface area contributed by atoms with Gasteiger partial charge in [-0.1, -0.05) is 24.3 Å². The number of carbonyl (C=O) groups excluding carboxylic acids is 1. The van der Waals surface area contributed by atoms with E-state index in [2.05, 4.69) is 16.7 Å². The number of piperazine rings is 1. The normalized spacial score (nSPS) is 21.7. The van der Waals surface area contributed by atoms with Crippen molar-refractivity contribution < 1.29 is 18.0 Å². The molecule has 0 radical (unpaired) electrons. The molecule has 152 valence electrons. The van der Waals surface area contributed by atoms with Crippen LogP contribution in [-0.4, -0.2) is 55.7 Å². The third-order valence-corrected chi connectivity index (χ3v) is 5.39. The monoisotopic (exact) mass is 405 g/mol. The Morgan fingerprint density at radius 3 is 2.67 bits per heavy atom. The lowest BCUT2D eigenvalue weighted by Crippen LogP contribution is -2.57. The number of aryl methyl sites for hydroxylation is 1. The van der Waals surface area contributed by atoms with Crippen molar-refractivity contribution in [2.45, 2.75) is 43.8 Å². The number of halogens is 4. The predicted molar refractivity (Wildman–Crippen MR) is 101 cm³/mol. The number of nitrogens with one attached hydrogen (secondary N) is 2. The second-order valence-corrected chi connectivity index (χ2v) is 7.14. The van der Waals surface area contributed by atoms with Gasteiger partial charge in [-0.3, -0.25) is 9.69 Å². The maximum Gasteiger partial charge on any atom is 0.405 e. The van der Waals surface area contributed by atoms with E-state index in [1.165, 1.54) is 16.0 Å². The fraction of sp³-hybridized carbons (Fsp3) is 0.632. The van der Waals surface area contributed by atoms with Crippen LogP contribution >= 0.6 is 12.4 Å². The number of hydrogen-bond donors (Lipinski definition) is 2. The van der Waals surface area contributed by atoms with Gasteiger partial charge in [0.2, 0.25) is 5.91 Å². The molecule has 2 aliphatic rings. The van der Waals surface area contributed by atoms with Crippen molar-refractivity contribution in [3.63, 3.8) is 0 Å². The zero-order chi connectivity index (χ0) is 18.6. The molecule has 1 aliphatic heterocycles. The van der Waals surface area contributed by atoms with Gasteiger partial charge in [-0.2, -0.15) is 13.2 Å². The molecule has 1 aromatic carbocycles. The summed E-state index contributed by atoms with van der Waals surface area (Å²) in [6.45, 7) is 1.39. The van der Waals surface area contributed by atoms with Crippen LogP contribution in [0.2, 0.25) is 0 Å². The van der Waals surface area contributed by atoms with Crippen LogP contribution in [0.3, 0.4) is 0 Å². The molecule has 2 unspecified atom stereocenters. The van der Waals surface area contributed by atoms with Gasteiger partial charge in [-0.15, -0.1) is 12.4 Å². The van der Waals surface area contributed by atoms with Crippen molar-refractivity contribution in [1.29, 1.82) is 0 Å². The number of carbonyl (C=O) groups is 1. The van der Waals surface area contributed by atoms with Gasteiger partial charge in [0.1, 0.15) is 6.04 Å². The fourth-order valence-corrected chi connectivity index (χ4v) is 4.02. The molecule has 27 heavy (non-hydrogen) atoms. The minimum Gasteiger partial charge on any atom is -0.354 e. The Balaban J connectivity index is 0.00000261. The number of amides is 1. The second-order valence-electron chi connectivity index (χ2n) is 7.14. The van der Waals surface area contributed by atoms with E-state index < -0.39 is 12.2 Å². The van der Waals surface area contributed by atoms with E-state index in [1.54, 1.807) is 0 Å². The molecule has 2 N–H and O–H groups in total. The van der Waals surface area contributed by atoms with Crippen LogP contribution in [0.25, 0.3) is 0 Å². The van der Waals surface area contributed by atoms with Gasteiger partial charge in [0.15, 0.2) is 0 Å². The highest BCUT2D eigenvalue weighted by molar-refractivity contribution is 5.85. The number of rotatable bonds is 5. The molecule has 1 saturated heterocycles. The summed E-state index contributed by atoms with van der Waals surface area (Å²) in [4.78, 5) is 13.7. The molecule has 2 atom stereocenters. The summed E-state index contributed by atoms with van der Waals surface area (Å²) in [5.41, 5.74) is 2.42. The summed E-state index contributed by atoms with van der Waals surface area (Å²) in [7, 11) is 0. The van der Waals surface area contributed by atoms with Gasteiger partial charge >= 0.3 is 6.18 Å². The molecule has 1 heterocycles. The Bertz CT molecular complexity index is 620. The zero-order valence-electron chi connectivity index (χ0n) is 15.2. The highest BCUT2D eigenvalue weighted by Gasteiger charge is 2.43. The van der Waals surface area contributed by atoms with Crippen LogP contribution in [0, 0.1) is 0 Å². The lowest BCUT2D eigenvalue weighted by molar-refractivity contribution is -0.184. The van der Waals surface area contributed by atoms with Crippen LogP contribution in [0.1, 0.15) is 36.3 Å². The number of fused-ring (bicyclic) bond motifs is 1. The van der Waals surface area contributed by atoms with E-state index in [9.17, 15) is 18.0 Å². The largest absolute Gasteiger partial charge is 0.405 e. The van der Waals surface area contributed by atoms with Crippen molar-refractivity contribution in [3.8, 4) is 0 Å². The Hall–Kier alpha value is -1.31. The average molecular weight is 406 g/mol. The smallest absolute Gasteiger partial charge is 0.354 e. The third kappa shape index (κ3) is 5.83. The molecular formula is C19H27ClF3N3O. The predicted octanol–water partition coefficient (Wildman–Crippen LogP) is 2.87.